The minimum absolute atomic E-state index is 0.0940. The molecule has 1 aromatic carbocycles. The number of aromatic nitrogens is 1. The third-order valence-corrected chi connectivity index (χ3v) is 4.52. The standard InChI is InChI=1S/C18H14ClF4N5O2/c1-8(18(21,22)23)26-16(25)14(29)11-6-13(28(2)15(11)19)17(30)27-10-3-4-12(20)9(5-10)7-24/h3-6,8H,1-2H3,(H2,25,26)(H,27,30)/t8-/m0/s1. The molecule has 12 heteroatoms. The van der Waals surface area contributed by atoms with Gasteiger partial charge in [0.2, 0.25) is 5.78 Å². The number of carbonyl (C=O) groups excluding carboxylic acids is 2. The SMILES string of the molecule is C[C@H](NC(=N)C(=O)c1cc(C(=O)Nc2ccc(F)c(C#N)c2)n(C)c1Cl)C(F)(F)F. The second kappa shape index (κ2) is 8.54. The zero-order valence-corrected chi connectivity index (χ0v) is 16.2. The molecule has 158 valence electrons. The highest BCUT2D eigenvalue weighted by Crippen LogP contribution is 2.24. The van der Waals surface area contributed by atoms with Crippen LogP contribution in [-0.2, 0) is 7.05 Å². The van der Waals surface area contributed by atoms with E-state index in [1.165, 1.54) is 13.1 Å². The number of benzene rings is 1. The van der Waals surface area contributed by atoms with Crippen LogP contribution in [0.4, 0.5) is 23.2 Å². The Balaban J connectivity index is 2.26. The molecule has 0 bridgehead atoms. The normalized spacial score (nSPS) is 12.1. The molecule has 2 rings (SSSR count). The quantitative estimate of drug-likeness (QED) is 0.283. The molecule has 0 unspecified atom stereocenters. The summed E-state index contributed by atoms with van der Waals surface area (Å²) in [5.41, 5.74) is -0.709. The number of alkyl halides is 3. The molecular weight excluding hydrogens is 430 g/mol. The van der Waals surface area contributed by atoms with E-state index in [1.54, 1.807) is 11.4 Å². The molecule has 0 spiro atoms. The first-order valence-electron chi connectivity index (χ1n) is 8.19. The van der Waals surface area contributed by atoms with Crippen LogP contribution in [0.25, 0.3) is 0 Å². The molecule has 0 aliphatic heterocycles. The molecule has 1 heterocycles. The van der Waals surface area contributed by atoms with Crippen LogP contribution in [0.1, 0.15) is 33.3 Å². The summed E-state index contributed by atoms with van der Waals surface area (Å²) in [6, 6.07) is 3.78. The first kappa shape index (κ1) is 22.9. The van der Waals surface area contributed by atoms with E-state index in [9.17, 15) is 27.2 Å². The molecule has 0 saturated heterocycles. The van der Waals surface area contributed by atoms with E-state index in [0.29, 0.717) is 0 Å². The summed E-state index contributed by atoms with van der Waals surface area (Å²) in [4.78, 5) is 24.8. The summed E-state index contributed by atoms with van der Waals surface area (Å²) < 4.78 is 52.3. The van der Waals surface area contributed by atoms with Crippen LogP contribution < -0.4 is 10.6 Å². The first-order valence-corrected chi connectivity index (χ1v) is 8.57. The Labute approximate surface area is 172 Å². The molecule has 3 N–H and O–H groups in total. The topological polar surface area (TPSA) is 111 Å². The van der Waals surface area contributed by atoms with Crippen LogP contribution in [0.5, 0.6) is 0 Å². The van der Waals surface area contributed by atoms with Crippen molar-refractivity contribution in [2.24, 2.45) is 7.05 Å². The predicted octanol–water partition coefficient (Wildman–Crippen LogP) is 3.64. The summed E-state index contributed by atoms with van der Waals surface area (Å²) in [7, 11) is 1.33. The number of nitrogens with zero attached hydrogens (tertiary/aromatic N) is 2. The molecule has 1 atom stereocenters. The van der Waals surface area contributed by atoms with Gasteiger partial charge in [-0.1, -0.05) is 11.6 Å². The highest BCUT2D eigenvalue weighted by molar-refractivity contribution is 6.48. The lowest BCUT2D eigenvalue weighted by Gasteiger charge is -2.17. The Morgan fingerprint density at radius 2 is 1.93 bits per heavy atom. The van der Waals surface area contributed by atoms with Crippen LogP contribution in [0.15, 0.2) is 24.3 Å². The van der Waals surface area contributed by atoms with E-state index < -0.39 is 35.6 Å². The van der Waals surface area contributed by atoms with Crippen molar-refractivity contribution in [3.63, 3.8) is 0 Å². The molecule has 7 nitrogen and oxygen atoms in total. The van der Waals surface area contributed by atoms with Gasteiger partial charge in [-0.2, -0.15) is 18.4 Å². The average Bonchev–Trinajstić information content (AvgIpc) is 2.97. The molecule has 0 radical (unpaired) electrons. The van der Waals surface area contributed by atoms with Crippen LogP contribution in [0, 0.1) is 22.6 Å². The van der Waals surface area contributed by atoms with E-state index in [2.05, 4.69) is 5.32 Å². The summed E-state index contributed by atoms with van der Waals surface area (Å²) in [6.45, 7) is 0.742. The number of carbonyl (C=O) groups is 2. The summed E-state index contributed by atoms with van der Waals surface area (Å²) >= 11 is 6.02. The Morgan fingerprint density at radius 1 is 1.30 bits per heavy atom. The van der Waals surface area contributed by atoms with Gasteiger partial charge in [0, 0.05) is 12.7 Å². The van der Waals surface area contributed by atoms with Gasteiger partial charge in [-0.25, -0.2) is 4.39 Å². The number of Topliss-reactive ketones (excluding diaryl/α,β-unsaturated/α-hetero) is 1. The van der Waals surface area contributed by atoms with Gasteiger partial charge in [0.15, 0.2) is 5.84 Å². The lowest BCUT2D eigenvalue weighted by Crippen LogP contribution is -2.45. The molecule has 1 aromatic heterocycles. The Hall–Kier alpha value is -3.39. The maximum Gasteiger partial charge on any atom is 0.408 e. The van der Waals surface area contributed by atoms with E-state index in [1.807, 2.05) is 0 Å². The van der Waals surface area contributed by atoms with Gasteiger partial charge in [0.05, 0.1) is 11.1 Å². The second-order valence-corrected chi connectivity index (χ2v) is 6.52. The Kier molecular flexibility index (Phi) is 6.52. The third kappa shape index (κ3) is 4.77. The first-order chi connectivity index (χ1) is 13.9. The maximum absolute atomic E-state index is 13.4. The number of rotatable bonds is 5. The van der Waals surface area contributed by atoms with Gasteiger partial charge < -0.3 is 15.2 Å². The van der Waals surface area contributed by atoms with Crippen LogP contribution in [-0.4, -0.2) is 34.3 Å². The lowest BCUT2D eigenvalue weighted by atomic mass is 10.1. The van der Waals surface area contributed by atoms with Gasteiger partial charge in [-0.05, 0) is 31.2 Å². The largest absolute Gasteiger partial charge is 0.408 e. The Morgan fingerprint density at radius 3 is 2.50 bits per heavy atom. The number of hydrogen-bond donors (Lipinski definition) is 3. The fourth-order valence-corrected chi connectivity index (χ4v) is 2.57. The maximum atomic E-state index is 13.4. The molecule has 0 aliphatic carbocycles. The van der Waals surface area contributed by atoms with Crippen molar-refractivity contribution >= 4 is 34.8 Å². The van der Waals surface area contributed by atoms with Gasteiger partial charge in [-0.3, -0.25) is 15.0 Å². The van der Waals surface area contributed by atoms with E-state index in [4.69, 9.17) is 22.3 Å². The second-order valence-electron chi connectivity index (χ2n) is 6.17. The number of ketones is 1. The van der Waals surface area contributed by atoms with Crippen molar-refractivity contribution in [2.45, 2.75) is 19.1 Å². The number of nitriles is 1. The predicted molar refractivity (Wildman–Crippen MR) is 100 cm³/mol. The van der Waals surface area contributed by atoms with Crippen molar-refractivity contribution in [1.29, 1.82) is 10.7 Å². The van der Waals surface area contributed by atoms with Crippen LogP contribution in [0.3, 0.4) is 0 Å². The fraction of sp³-hybridized carbons (Fsp3) is 0.222. The fourth-order valence-electron chi connectivity index (χ4n) is 2.34. The van der Waals surface area contributed by atoms with Crippen molar-refractivity contribution in [3.05, 3.63) is 52.1 Å². The summed E-state index contributed by atoms with van der Waals surface area (Å²) in [6.07, 6.45) is -4.67. The zero-order valence-electron chi connectivity index (χ0n) is 15.5. The van der Waals surface area contributed by atoms with Crippen molar-refractivity contribution < 1.29 is 27.2 Å². The smallest absolute Gasteiger partial charge is 0.356 e. The minimum atomic E-state index is -4.67. The molecule has 30 heavy (non-hydrogen) atoms. The monoisotopic (exact) mass is 443 g/mol. The van der Waals surface area contributed by atoms with E-state index >= 15 is 0 Å². The highest BCUT2D eigenvalue weighted by atomic mass is 35.5. The minimum Gasteiger partial charge on any atom is -0.356 e. The molecule has 0 fully saturated rings. The molecule has 1 amide bonds. The van der Waals surface area contributed by atoms with Crippen molar-refractivity contribution in [1.82, 2.24) is 9.88 Å². The summed E-state index contributed by atoms with van der Waals surface area (Å²) in [5, 5.41) is 20.3. The third-order valence-electron chi connectivity index (χ3n) is 4.06. The van der Waals surface area contributed by atoms with Crippen LogP contribution >= 0.6 is 11.6 Å². The number of halogens is 5. The van der Waals surface area contributed by atoms with Crippen LogP contribution in [0.2, 0.25) is 5.15 Å². The zero-order chi connectivity index (χ0) is 22.8. The average molecular weight is 444 g/mol. The number of amides is 1. The molecule has 0 saturated carbocycles. The highest BCUT2D eigenvalue weighted by Gasteiger charge is 2.37. The number of amidine groups is 1. The van der Waals surface area contributed by atoms with Gasteiger partial charge in [0.25, 0.3) is 5.91 Å². The molecular formula is C18H14ClF4N5O2. The van der Waals surface area contributed by atoms with Gasteiger partial charge in [-0.15, -0.1) is 0 Å². The summed E-state index contributed by atoms with van der Waals surface area (Å²) in [5.74, 6) is -3.74. The van der Waals surface area contributed by atoms with E-state index in [-0.39, 0.29) is 27.7 Å². The van der Waals surface area contributed by atoms with Crippen molar-refractivity contribution in [3.8, 4) is 6.07 Å². The van der Waals surface area contributed by atoms with E-state index in [0.717, 1.165) is 29.7 Å². The Bertz CT molecular complexity index is 1070. The number of hydrogen-bond acceptors (Lipinski definition) is 4. The number of anilines is 1. The molecule has 2 aromatic rings. The van der Waals surface area contributed by atoms with Gasteiger partial charge in [0.1, 0.15) is 28.8 Å². The lowest BCUT2D eigenvalue weighted by molar-refractivity contribution is -0.147. The van der Waals surface area contributed by atoms with Gasteiger partial charge >= 0.3 is 6.18 Å². The van der Waals surface area contributed by atoms with Crippen molar-refractivity contribution in [2.75, 3.05) is 5.32 Å². The molecule has 0 aliphatic rings. The number of nitrogens with one attached hydrogen (secondary N) is 3.